The van der Waals surface area contributed by atoms with Crippen LogP contribution in [0.25, 0.3) is 0 Å². The highest BCUT2D eigenvalue weighted by atomic mass is 16.7. The van der Waals surface area contributed by atoms with Crippen molar-refractivity contribution in [2.75, 3.05) is 25.1 Å². The van der Waals surface area contributed by atoms with Gasteiger partial charge in [0.15, 0.2) is 6.29 Å². The number of fused-ring (bicyclic) bond motifs is 1. The Morgan fingerprint density at radius 1 is 1.21 bits per heavy atom. The van der Waals surface area contributed by atoms with Crippen LogP contribution in [0, 0.1) is 0 Å². The lowest BCUT2D eigenvalue weighted by atomic mass is 10.1. The van der Waals surface area contributed by atoms with Crippen LogP contribution in [0.15, 0.2) is 30.4 Å². The molecular weight excluding hydrogens is 376 g/mol. The number of amides is 3. The van der Waals surface area contributed by atoms with E-state index in [1.165, 1.54) is 0 Å². The molecule has 3 amide bonds. The molecule has 1 fully saturated rings. The molecule has 3 rings (SSSR count). The highest BCUT2D eigenvalue weighted by molar-refractivity contribution is 6.24. The third-order valence-electron chi connectivity index (χ3n) is 4.35. The van der Waals surface area contributed by atoms with E-state index in [0.29, 0.717) is 13.2 Å². The van der Waals surface area contributed by atoms with Crippen molar-refractivity contribution in [2.45, 2.75) is 45.5 Å². The summed E-state index contributed by atoms with van der Waals surface area (Å²) in [6.07, 6.45) is 4.26. The fourth-order valence-electron chi connectivity index (χ4n) is 3.12. The molecule has 0 saturated carbocycles. The van der Waals surface area contributed by atoms with E-state index in [9.17, 15) is 14.4 Å². The molecule has 0 radical (unpaired) electrons. The van der Waals surface area contributed by atoms with E-state index in [4.69, 9.17) is 14.2 Å². The molecule has 2 heterocycles. The standard InChI is InChI=1S/C21H26N2O6/c1-21(2,3)29-20(26)22-15-9-7-8-14-17(15)19(25)23(18(14)24)11-6-4-5-10-16-27-12-13-28-16/h4,6-9,16H,5,10-13H2,1-3H3,(H,22,26)/b6-4+. The molecule has 1 N–H and O–H groups in total. The highest BCUT2D eigenvalue weighted by Gasteiger charge is 2.37. The summed E-state index contributed by atoms with van der Waals surface area (Å²) in [5.74, 6) is -0.825. The van der Waals surface area contributed by atoms with Crippen LogP contribution >= 0.6 is 0 Å². The van der Waals surface area contributed by atoms with Crippen LogP contribution in [-0.4, -0.2) is 54.5 Å². The monoisotopic (exact) mass is 402 g/mol. The number of benzene rings is 1. The van der Waals surface area contributed by atoms with Crippen molar-refractivity contribution in [2.24, 2.45) is 0 Å². The first-order chi connectivity index (χ1) is 13.8. The number of rotatable bonds is 6. The molecule has 0 spiro atoms. The van der Waals surface area contributed by atoms with E-state index in [1.807, 2.05) is 6.08 Å². The fraction of sp³-hybridized carbons (Fsp3) is 0.476. The molecule has 0 atom stereocenters. The number of nitrogens with one attached hydrogen (secondary N) is 1. The minimum atomic E-state index is -0.680. The number of imide groups is 1. The number of ether oxygens (including phenoxy) is 3. The number of anilines is 1. The molecule has 0 bridgehead atoms. The summed E-state index contributed by atoms with van der Waals surface area (Å²) in [5, 5.41) is 2.57. The predicted molar refractivity (Wildman–Crippen MR) is 106 cm³/mol. The summed E-state index contributed by atoms with van der Waals surface area (Å²) in [5.41, 5.74) is 0.0409. The first-order valence-corrected chi connectivity index (χ1v) is 9.63. The van der Waals surface area contributed by atoms with Gasteiger partial charge in [-0.3, -0.25) is 19.8 Å². The number of hydrogen-bond acceptors (Lipinski definition) is 6. The van der Waals surface area contributed by atoms with E-state index in [0.717, 1.165) is 17.7 Å². The van der Waals surface area contributed by atoms with Gasteiger partial charge in [0, 0.05) is 13.0 Å². The smallest absolute Gasteiger partial charge is 0.412 e. The van der Waals surface area contributed by atoms with Gasteiger partial charge in [0.05, 0.1) is 30.0 Å². The first-order valence-electron chi connectivity index (χ1n) is 9.63. The highest BCUT2D eigenvalue weighted by Crippen LogP contribution is 2.29. The van der Waals surface area contributed by atoms with Gasteiger partial charge in [-0.2, -0.15) is 0 Å². The second-order valence-electron chi connectivity index (χ2n) is 7.80. The lowest BCUT2D eigenvalue weighted by molar-refractivity contribution is -0.0457. The zero-order chi connectivity index (χ0) is 21.0. The lowest BCUT2D eigenvalue weighted by Gasteiger charge is -2.20. The molecule has 1 saturated heterocycles. The van der Waals surface area contributed by atoms with Gasteiger partial charge in [-0.25, -0.2) is 4.79 Å². The molecule has 2 aliphatic rings. The third kappa shape index (κ3) is 5.21. The van der Waals surface area contributed by atoms with Crippen molar-refractivity contribution < 1.29 is 28.6 Å². The SMILES string of the molecule is CC(C)(C)OC(=O)Nc1cccc2c1C(=O)N(C/C=C/CCC1OCCO1)C2=O. The van der Waals surface area contributed by atoms with Crippen LogP contribution in [0.2, 0.25) is 0 Å². The van der Waals surface area contributed by atoms with Crippen LogP contribution in [0.3, 0.4) is 0 Å². The number of carbonyl (C=O) groups excluding carboxylic acids is 3. The molecule has 0 aromatic heterocycles. The van der Waals surface area contributed by atoms with Gasteiger partial charge in [-0.1, -0.05) is 18.2 Å². The summed E-state index contributed by atoms with van der Waals surface area (Å²) in [6.45, 7) is 6.62. The summed E-state index contributed by atoms with van der Waals surface area (Å²) in [4.78, 5) is 38.7. The van der Waals surface area contributed by atoms with Crippen molar-refractivity contribution in [1.29, 1.82) is 0 Å². The molecule has 29 heavy (non-hydrogen) atoms. The maximum Gasteiger partial charge on any atom is 0.412 e. The summed E-state index contributed by atoms with van der Waals surface area (Å²) in [6, 6.07) is 4.78. The van der Waals surface area contributed by atoms with Gasteiger partial charge >= 0.3 is 6.09 Å². The largest absolute Gasteiger partial charge is 0.444 e. The molecule has 0 aliphatic carbocycles. The average Bonchev–Trinajstić information content (AvgIpc) is 3.22. The average molecular weight is 402 g/mol. The maximum atomic E-state index is 12.8. The molecule has 1 aromatic carbocycles. The van der Waals surface area contributed by atoms with E-state index >= 15 is 0 Å². The number of hydrogen-bond donors (Lipinski definition) is 1. The molecule has 8 nitrogen and oxygen atoms in total. The van der Waals surface area contributed by atoms with Gasteiger partial charge in [-0.15, -0.1) is 0 Å². The van der Waals surface area contributed by atoms with E-state index in [-0.39, 0.29) is 35.6 Å². The topological polar surface area (TPSA) is 94.2 Å². The van der Waals surface area contributed by atoms with Crippen molar-refractivity contribution in [3.05, 3.63) is 41.5 Å². The Morgan fingerprint density at radius 3 is 2.62 bits per heavy atom. The molecular formula is C21H26N2O6. The molecule has 1 aromatic rings. The maximum absolute atomic E-state index is 12.8. The molecule has 2 aliphatic heterocycles. The second-order valence-corrected chi connectivity index (χ2v) is 7.80. The Hall–Kier alpha value is -2.71. The van der Waals surface area contributed by atoms with Crippen LogP contribution in [-0.2, 0) is 14.2 Å². The van der Waals surface area contributed by atoms with Gasteiger partial charge in [0.25, 0.3) is 11.8 Å². The van der Waals surface area contributed by atoms with Crippen LogP contribution in [0.5, 0.6) is 0 Å². The Morgan fingerprint density at radius 2 is 1.93 bits per heavy atom. The summed E-state index contributed by atoms with van der Waals surface area (Å²) in [7, 11) is 0. The Bertz CT molecular complexity index is 821. The number of carbonyl (C=O) groups is 3. The summed E-state index contributed by atoms with van der Waals surface area (Å²) >= 11 is 0. The van der Waals surface area contributed by atoms with Gasteiger partial charge < -0.3 is 14.2 Å². The Kier molecular flexibility index (Phi) is 6.34. The van der Waals surface area contributed by atoms with E-state index in [1.54, 1.807) is 45.0 Å². The Labute approximate surface area is 169 Å². The minimum absolute atomic E-state index is 0.157. The third-order valence-corrected chi connectivity index (χ3v) is 4.35. The van der Waals surface area contributed by atoms with E-state index in [2.05, 4.69) is 5.32 Å². The van der Waals surface area contributed by atoms with E-state index < -0.39 is 17.6 Å². The van der Waals surface area contributed by atoms with Crippen molar-refractivity contribution in [1.82, 2.24) is 4.90 Å². The van der Waals surface area contributed by atoms with Crippen LogP contribution < -0.4 is 5.32 Å². The van der Waals surface area contributed by atoms with Crippen LogP contribution in [0.1, 0.15) is 54.3 Å². The zero-order valence-corrected chi connectivity index (χ0v) is 16.9. The van der Waals surface area contributed by atoms with Gasteiger partial charge in [-0.05, 0) is 39.3 Å². The van der Waals surface area contributed by atoms with Crippen molar-refractivity contribution in [3.63, 3.8) is 0 Å². The second kappa shape index (κ2) is 8.75. The molecule has 0 unspecified atom stereocenters. The predicted octanol–water partition coefficient (Wildman–Crippen LogP) is 3.34. The van der Waals surface area contributed by atoms with Gasteiger partial charge in [0.2, 0.25) is 0 Å². The summed E-state index contributed by atoms with van der Waals surface area (Å²) < 4.78 is 16.0. The normalized spacial score (nSPS) is 17.3. The van der Waals surface area contributed by atoms with Crippen molar-refractivity contribution in [3.8, 4) is 0 Å². The number of nitrogens with zero attached hydrogens (tertiary/aromatic N) is 1. The lowest BCUT2D eigenvalue weighted by Crippen LogP contribution is -2.30. The van der Waals surface area contributed by atoms with Gasteiger partial charge in [0.1, 0.15) is 5.60 Å². The minimum Gasteiger partial charge on any atom is -0.444 e. The van der Waals surface area contributed by atoms with Crippen molar-refractivity contribution >= 4 is 23.6 Å². The zero-order valence-electron chi connectivity index (χ0n) is 16.9. The molecule has 156 valence electrons. The number of allylic oxidation sites excluding steroid dienone is 1. The fourth-order valence-corrected chi connectivity index (χ4v) is 3.12. The Balaban J connectivity index is 1.63. The first kappa shape index (κ1) is 21.0. The molecule has 8 heteroatoms. The quantitative estimate of drug-likeness (QED) is 0.579. The van der Waals surface area contributed by atoms with Crippen LogP contribution in [0.4, 0.5) is 10.5 Å².